The third kappa shape index (κ3) is 4.54. The number of fused-ring (bicyclic) bond motifs is 2. The molecular formula is C26H17Cl2N3O7S. The fraction of sp³-hybridized carbons (Fsp3) is 0.115. The second-order valence-corrected chi connectivity index (χ2v) is 9.93. The quantitative estimate of drug-likeness (QED) is 0.106. The SMILES string of the molecule is Cl.O=C1C(=O)N(c2nc3ccc(Cl)cc3s2)C(c2ccc([N+](=O)[O-])cc2)/C1=C(\O)c1ccc2c(c1)OCCO2. The summed E-state index contributed by atoms with van der Waals surface area (Å²) in [7, 11) is 0. The molecule has 13 heteroatoms. The summed E-state index contributed by atoms with van der Waals surface area (Å²) in [5.74, 6) is -1.34. The molecule has 1 amide bonds. The Balaban J connectivity index is 0.00000308. The zero-order valence-corrected chi connectivity index (χ0v) is 22.1. The van der Waals surface area contributed by atoms with Gasteiger partial charge in [-0.2, -0.15) is 0 Å². The molecule has 6 rings (SSSR count). The van der Waals surface area contributed by atoms with Crippen LogP contribution in [0.1, 0.15) is 17.2 Å². The van der Waals surface area contributed by atoms with E-state index in [2.05, 4.69) is 4.98 Å². The zero-order chi connectivity index (χ0) is 26.6. The summed E-state index contributed by atoms with van der Waals surface area (Å²) in [4.78, 5) is 43.2. The molecule has 10 nitrogen and oxygen atoms in total. The van der Waals surface area contributed by atoms with Crippen LogP contribution in [0.2, 0.25) is 5.02 Å². The van der Waals surface area contributed by atoms with Gasteiger partial charge in [0.15, 0.2) is 16.6 Å². The maximum absolute atomic E-state index is 13.4. The van der Waals surface area contributed by atoms with Crippen LogP contribution < -0.4 is 14.4 Å². The maximum atomic E-state index is 13.4. The lowest BCUT2D eigenvalue weighted by molar-refractivity contribution is -0.384. The number of aliphatic hydroxyl groups is 1. The topological polar surface area (TPSA) is 132 Å². The number of non-ortho nitro benzene ring substituents is 1. The van der Waals surface area contributed by atoms with Gasteiger partial charge in [-0.3, -0.25) is 24.6 Å². The van der Waals surface area contributed by atoms with Gasteiger partial charge in [0.05, 0.1) is 26.8 Å². The molecule has 1 aromatic heterocycles. The number of benzene rings is 3. The van der Waals surface area contributed by atoms with Crippen molar-refractivity contribution in [3.8, 4) is 11.5 Å². The van der Waals surface area contributed by atoms with Crippen LogP contribution >= 0.6 is 35.3 Å². The van der Waals surface area contributed by atoms with Gasteiger partial charge in [-0.1, -0.05) is 22.9 Å². The number of aromatic nitrogens is 1. The first-order valence-electron chi connectivity index (χ1n) is 11.3. The molecule has 1 N–H and O–H groups in total. The number of carbonyl (C=O) groups excluding carboxylic acids is 2. The minimum Gasteiger partial charge on any atom is -0.507 e. The molecule has 1 atom stereocenters. The minimum atomic E-state index is -1.10. The van der Waals surface area contributed by atoms with E-state index in [-0.39, 0.29) is 34.4 Å². The van der Waals surface area contributed by atoms with Gasteiger partial charge in [0.25, 0.3) is 11.5 Å². The smallest absolute Gasteiger partial charge is 0.301 e. The largest absolute Gasteiger partial charge is 0.507 e. The number of thiazole rings is 1. The van der Waals surface area contributed by atoms with Crippen LogP contribution in [0, 0.1) is 10.1 Å². The third-order valence-electron chi connectivity index (χ3n) is 6.22. The first-order chi connectivity index (χ1) is 18.3. The number of aliphatic hydroxyl groups excluding tert-OH is 1. The Morgan fingerprint density at radius 1 is 1.05 bits per heavy atom. The summed E-state index contributed by atoms with van der Waals surface area (Å²) in [6, 6.07) is 14.1. The maximum Gasteiger partial charge on any atom is 0.301 e. The van der Waals surface area contributed by atoms with E-state index in [1.165, 1.54) is 35.2 Å². The Morgan fingerprint density at radius 3 is 2.49 bits per heavy atom. The summed E-state index contributed by atoms with van der Waals surface area (Å²) in [6.07, 6.45) is 0. The molecule has 2 aliphatic rings. The molecule has 0 aliphatic carbocycles. The summed E-state index contributed by atoms with van der Waals surface area (Å²) in [5, 5.41) is 23.3. The number of Topliss-reactive ketones (excluding diaryl/α,β-unsaturated/α-hetero) is 1. The van der Waals surface area contributed by atoms with Gasteiger partial charge >= 0.3 is 5.91 Å². The number of hydrogen-bond acceptors (Lipinski definition) is 9. The lowest BCUT2D eigenvalue weighted by Gasteiger charge is -2.23. The lowest BCUT2D eigenvalue weighted by Crippen LogP contribution is -2.29. The predicted octanol–water partition coefficient (Wildman–Crippen LogP) is 5.68. The molecule has 0 saturated carbocycles. The van der Waals surface area contributed by atoms with E-state index in [1.807, 2.05) is 0 Å². The predicted molar refractivity (Wildman–Crippen MR) is 147 cm³/mol. The number of ketones is 1. The van der Waals surface area contributed by atoms with Crippen LogP contribution in [0.25, 0.3) is 16.0 Å². The molecule has 0 radical (unpaired) electrons. The van der Waals surface area contributed by atoms with E-state index in [0.29, 0.717) is 45.5 Å². The molecule has 39 heavy (non-hydrogen) atoms. The minimum absolute atomic E-state index is 0. The van der Waals surface area contributed by atoms with Gasteiger partial charge in [-0.15, -0.1) is 12.4 Å². The van der Waals surface area contributed by atoms with Crippen molar-refractivity contribution in [3.63, 3.8) is 0 Å². The van der Waals surface area contributed by atoms with Gasteiger partial charge in [0.1, 0.15) is 19.0 Å². The van der Waals surface area contributed by atoms with Crippen LogP contribution in [0.5, 0.6) is 11.5 Å². The van der Waals surface area contributed by atoms with Gasteiger partial charge in [0, 0.05) is 22.7 Å². The van der Waals surface area contributed by atoms with E-state index in [1.54, 1.807) is 30.3 Å². The Labute approximate surface area is 235 Å². The van der Waals surface area contributed by atoms with Crippen molar-refractivity contribution < 1.29 is 29.1 Å². The van der Waals surface area contributed by atoms with Crippen LogP contribution in [-0.4, -0.2) is 39.9 Å². The van der Waals surface area contributed by atoms with Gasteiger partial charge in [-0.05, 0) is 54.1 Å². The number of halogens is 2. The molecule has 1 fully saturated rings. The summed E-state index contributed by atoms with van der Waals surface area (Å²) < 4.78 is 11.8. The molecule has 198 valence electrons. The van der Waals surface area contributed by atoms with Crippen molar-refractivity contribution in [1.29, 1.82) is 0 Å². The highest BCUT2D eigenvalue weighted by molar-refractivity contribution is 7.22. The lowest BCUT2D eigenvalue weighted by atomic mass is 9.95. The molecule has 1 unspecified atom stereocenters. The van der Waals surface area contributed by atoms with Crippen molar-refractivity contribution in [3.05, 3.63) is 92.5 Å². The first kappa shape index (κ1) is 26.4. The number of nitrogens with zero attached hydrogens (tertiary/aromatic N) is 3. The first-order valence-corrected chi connectivity index (χ1v) is 12.5. The molecule has 3 heterocycles. The number of nitro groups is 1. The Kier molecular flexibility index (Phi) is 6.89. The standard InChI is InChI=1S/C26H16ClN3O7S.ClH/c27-15-4-7-17-20(12-15)38-26(28-17)29-22(13-1-5-16(6-2-13)30(34)35)21(24(32)25(29)33)23(31)14-3-8-18-19(11-14)37-10-9-36-18;/h1-8,11-12,22,31H,9-10H2;1H/b23-21+;. The van der Waals surface area contributed by atoms with Crippen molar-refractivity contribution >= 4 is 73.8 Å². The molecule has 2 aliphatic heterocycles. The highest BCUT2D eigenvalue weighted by Crippen LogP contribution is 2.45. The number of nitro benzene ring substituents is 1. The average molecular weight is 586 g/mol. The molecular weight excluding hydrogens is 569 g/mol. The summed E-state index contributed by atoms with van der Waals surface area (Å²) in [6.45, 7) is 0.711. The summed E-state index contributed by atoms with van der Waals surface area (Å²) in [5.41, 5.74) is 0.858. The molecule has 1 saturated heterocycles. The normalized spacial score (nSPS) is 17.8. The van der Waals surface area contributed by atoms with E-state index in [0.717, 1.165) is 11.3 Å². The number of ether oxygens (including phenoxy) is 2. The highest BCUT2D eigenvalue weighted by Gasteiger charge is 2.48. The van der Waals surface area contributed by atoms with E-state index < -0.39 is 28.4 Å². The Hall–Kier alpha value is -4.19. The van der Waals surface area contributed by atoms with Crippen molar-refractivity contribution in [2.75, 3.05) is 18.1 Å². The van der Waals surface area contributed by atoms with Crippen LogP contribution in [-0.2, 0) is 9.59 Å². The monoisotopic (exact) mass is 585 g/mol. The van der Waals surface area contributed by atoms with Crippen molar-refractivity contribution in [2.24, 2.45) is 0 Å². The molecule has 3 aromatic carbocycles. The Morgan fingerprint density at radius 2 is 1.77 bits per heavy atom. The van der Waals surface area contributed by atoms with Crippen LogP contribution in [0.15, 0.2) is 66.2 Å². The number of anilines is 1. The molecule has 0 spiro atoms. The fourth-order valence-corrected chi connectivity index (χ4v) is 5.73. The molecule has 4 aromatic rings. The van der Waals surface area contributed by atoms with Crippen LogP contribution in [0.4, 0.5) is 10.8 Å². The highest BCUT2D eigenvalue weighted by atomic mass is 35.5. The zero-order valence-electron chi connectivity index (χ0n) is 19.7. The van der Waals surface area contributed by atoms with E-state index in [4.69, 9.17) is 21.1 Å². The summed E-state index contributed by atoms with van der Waals surface area (Å²) >= 11 is 7.27. The van der Waals surface area contributed by atoms with Crippen molar-refractivity contribution in [1.82, 2.24) is 4.98 Å². The number of carbonyl (C=O) groups is 2. The second-order valence-electron chi connectivity index (χ2n) is 8.48. The second kappa shape index (κ2) is 10.2. The van der Waals surface area contributed by atoms with E-state index >= 15 is 0 Å². The van der Waals surface area contributed by atoms with E-state index in [9.17, 15) is 24.8 Å². The van der Waals surface area contributed by atoms with Gasteiger partial charge < -0.3 is 14.6 Å². The molecule has 0 bridgehead atoms. The number of rotatable bonds is 4. The van der Waals surface area contributed by atoms with Gasteiger partial charge in [0.2, 0.25) is 0 Å². The van der Waals surface area contributed by atoms with Crippen LogP contribution in [0.3, 0.4) is 0 Å². The Bertz CT molecular complexity index is 1690. The number of hydrogen-bond donors (Lipinski definition) is 1. The van der Waals surface area contributed by atoms with Crippen molar-refractivity contribution in [2.45, 2.75) is 6.04 Å². The third-order valence-corrected chi connectivity index (χ3v) is 7.48. The van der Waals surface area contributed by atoms with Gasteiger partial charge in [-0.25, -0.2) is 4.98 Å². The number of amides is 1. The average Bonchev–Trinajstić information content (AvgIpc) is 3.45. The fourth-order valence-electron chi connectivity index (χ4n) is 4.46.